The Labute approximate surface area is 220 Å². The molecule has 194 valence electrons. The van der Waals surface area contributed by atoms with Gasteiger partial charge >= 0.3 is 0 Å². The summed E-state index contributed by atoms with van der Waals surface area (Å²) in [5, 5.41) is 0. The zero-order valence-corrected chi connectivity index (χ0v) is 25.4. The molecule has 0 saturated heterocycles. The molecule has 0 spiro atoms. The van der Waals surface area contributed by atoms with E-state index < -0.39 is 0 Å². The van der Waals surface area contributed by atoms with Gasteiger partial charge in [-0.2, -0.15) is 0 Å². The molecule has 36 heavy (non-hydrogen) atoms. The topological polar surface area (TPSA) is 18.5 Å². The second-order valence-electron chi connectivity index (χ2n) is 10.9. The van der Waals surface area contributed by atoms with Gasteiger partial charge in [0.25, 0.3) is 0 Å². The van der Waals surface area contributed by atoms with Gasteiger partial charge in [0.05, 0.1) is 14.2 Å². The van der Waals surface area contributed by atoms with Gasteiger partial charge in [0, 0.05) is 5.92 Å². The van der Waals surface area contributed by atoms with Gasteiger partial charge in [0.1, 0.15) is 11.5 Å². The molecular weight excluding hydrogens is 440 g/mol. The van der Waals surface area contributed by atoms with E-state index >= 15 is 0 Å². The molecule has 0 aliphatic rings. The van der Waals surface area contributed by atoms with Gasteiger partial charge in [0.2, 0.25) is 0 Å². The third kappa shape index (κ3) is 3.94. The fourth-order valence-corrected chi connectivity index (χ4v) is 6.49. The Balaban J connectivity index is 2.67. The number of hydrogen-bond donors (Lipinski definition) is 0. The Morgan fingerprint density at radius 2 is 0.500 bits per heavy atom. The maximum Gasteiger partial charge on any atom is 0.125 e. The second kappa shape index (κ2) is 9.96. The minimum atomic E-state index is 0.120. The van der Waals surface area contributed by atoms with Gasteiger partial charge in [-0.25, -0.2) is 0 Å². The minimum absolute atomic E-state index is 0.120. The lowest BCUT2D eigenvalue weighted by atomic mass is 9.71. The van der Waals surface area contributed by atoms with E-state index in [1.165, 1.54) is 89.0 Å². The van der Waals surface area contributed by atoms with Crippen LogP contribution >= 0.6 is 0 Å². The first-order chi connectivity index (χ1) is 16.7. The van der Waals surface area contributed by atoms with Crippen molar-refractivity contribution >= 4 is 0 Å². The van der Waals surface area contributed by atoms with E-state index in [0.29, 0.717) is 0 Å². The molecular formula is C34H46O2. The highest BCUT2D eigenvalue weighted by molar-refractivity contribution is 5.67. The van der Waals surface area contributed by atoms with Crippen molar-refractivity contribution in [3.8, 4) is 11.5 Å². The summed E-state index contributed by atoms with van der Waals surface area (Å²) in [6.07, 6.45) is 0. The third-order valence-corrected chi connectivity index (χ3v) is 9.56. The van der Waals surface area contributed by atoms with Crippen molar-refractivity contribution in [3.05, 3.63) is 89.0 Å². The lowest BCUT2D eigenvalue weighted by Gasteiger charge is -2.34. The van der Waals surface area contributed by atoms with Gasteiger partial charge in [-0.05, 0) is 179 Å². The highest BCUT2D eigenvalue weighted by Crippen LogP contribution is 2.48. The average molecular weight is 487 g/mol. The molecule has 0 N–H and O–H groups in total. The van der Waals surface area contributed by atoms with Gasteiger partial charge in [-0.15, -0.1) is 0 Å². The normalized spacial score (nSPS) is 11.4. The smallest absolute Gasteiger partial charge is 0.125 e. The highest BCUT2D eigenvalue weighted by Gasteiger charge is 2.32. The number of hydrogen-bond acceptors (Lipinski definition) is 2. The molecule has 0 aliphatic carbocycles. The summed E-state index contributed by atoms with van der Waals surface area (Å²) in [6, 6.07) is 0. The van der Waals surface area contributed by atoms with E-state index in [0.717, 1.165) is 11.5 Å². The molecule has 0 atom stereocenters. The van der Waals surface area contributed by atoms with Gasteiger partial charge in [0.15, 0.2) is 0 Å². The molecule has 0 bridgehead atoms. The number of benzene rings is 3. The van der Waals surface area contributed by atoms with Crippen LogP contribution in [0.5, 0.6) is 11.5 Å². The standard InChI is InChI=1S/C34H46O2/c1-16-17(2)19(4)29(20(5)18(16)3)32(30-21(6)25(10)33(35-14)26(11)22(30)7)31-23(8)27(12)34(36-15)28(13)24(31)9/h32H,1-15H3. The molecule has 0 heterocycles. The van der Waals surface area contributed by atoms with Crippen molar-refractivity contribution in [2.45, 2.75) is 95.9 Å². The number of ether oxygens (including phenoxy) is 2. The summed E-state index contributed by atoms with van der Waals surface area (Å²) in [6.45, 7) is 29.4. The monoisotopic (exact) mass is 486 g/mol. The van der Waals surface area contributed by atoms with Gasteiger partial charge < -0.3 is 9.47 Å². The summed E-state index contributed by atoms with van der Waals surface area (Å²) in [7, 11) is 3.58. The Hall–Kier alpha value is -2.74. The predicted octanol–water partition coefficient (Wildman–Crippen LogP) is 8.89. The van der Waals surface area contributed by atoms with Crippen LogP contribution in [-0.4, -0.2) is 14.2 Å². The van der Waals surface area contributed by atoms with E-state index in [1.807, 2.05) is 0 Å². The van der Waals surface area contributed by atoms with E-state index in [-0.39, 0.29) is 5.92 Å². The molecule has 2 nitrogen and oxygen atoms in total. The number of rotatable bonds is 5. The fourth-order valence-electron chi connectivity index (χ4n) is 6.49. The van der Waals surface area contributed by atoms with E-state index in [2.05, 4.69) is 90.0 Å². The fraction of sp³-hybridized carbons (Fsp3) is 0.471. The van der Waals surface area contributed by atoms with Crippen molar-refractivity contribution in [3.63, 3.8) is 0 Å². The lowest BCUT2D eigenvalue weighted by molar-refractivity contribution is 0.407. The minimum Gasteiger partial charge on any atom is -0.496 e. The first-order valence-electron chi connectivity index (χ1n) is 13.1. The van der Waals surface area contributed by atoms with Crippen LogP contribution < -0.4 is 9.47 Å². The van der Waals surface area contributed by atoms with Crippen LogP contribution in [0, 0.1) is 90.0 Å². The maximum atomic E-state index is 5.88. The quantitative estimate of drug-likeness (QED) is 0.335. The highest BCUT2D eigenvalue weighted by atomic mass is 16.5. The third-order valence-electron chi connectivity index (χ3n) is 9.56. The average Bonchev–Trinajstić information content (AvgIpc) is 2.84. The van der Waals surface area contributed by atoms with Crippen molar-refractivity contribution in [1.82, 2.24) is 0 Å². The summed E-state index contributed by atoms with van der Waals surface area (Å²) in [4.78, 5) is 0. The van der Waals surface area contributed by atoms with Crippen LogP contribution in [0.25, 0.3) is 0 Å². The molecule has 3 rings (SSSR count). The Kier molecular flexibility index (Phi) is 7.70. The molecule has 0 radical (unpaired) electrons. The summed E-state index contributed by atoms with van der Waals surface area (Å²) in [5.41, 5.74) is 21.5. The largest absolute Gasteiger partial charge is 0.496 e. The first kappa shape index (κ1) is 27.8. The van der Waals surface area contributed by atoms with E-state index in [9.17, 15) is 0 Å². The van der Waals surface area contributed by atoms with E-state index in [4.69, 9.17) is 9.47 Å². The molecule has 3 aromatic rings. The SMILES string of the molecule is COc1c(C)c(C)c(C(c2c(C)c(C)c(C)c(C)c2C)c2c(C)c(C)c(OC)c(C)c2C)c(C)c1C. The molecule has 0 fully saturated rings. The zero-order valence-electron chi connectivity index (χ0n) is 25.4. The number of methoxy groups -OCH3 is 2. The summed E-state index contributed by atoms with van der Waals surface area (Å²) in [5.74, 6) is 2.13. The van der Waals surface area contributed by atoms with Crippen LogP contribution in [0.1, 0.15) is 94.9 Å². The molecule has 0 amide bonds. The van der Waals surface area contributed by atoms with Crippen LogP contribution in [0.4, 0.5) is 0 Å². The first-order valence-corrected chi connectivity index (χ1v) is 13.1. The molecule has 0 aliphatic heterocycles. The van der Waals surface area contributed by atoms with Crippen molar-refractivity contribution in [2.75, 3.05) is 14.2 Å². The molecule has 2 heteroatoms. The molecule has 0 aromatic heterocycles. The van der Waals surface area contributed by atoms with Crippen LogP contribution in [0.15, 0.2) is 0 Å². The Bertz CT molecular complexity index is 1210. The van der Waals surface area contributed by atoms with Crippen molar-refractivity contribution < 1.29 is 9.47 Å². The van der Waals surface area contributed by atoms with Crippen LogP contribution in [0.2, 0.25) is 0 Å². The van der Waals surface area contributed by atoms with E-state index in [1.54, 1.807) is 14.2 Å². The van der Waals surface area contributed by atoms with Crippen molar-refractivity contribution in [1.29, 1.82) is 0 Å². The predicted molar refractivity (Wildman–Crippen MR) is 155 cm³/mol. The molecule has 0 unspecified atom stereocenters. The second-order valence-corrected chi connectivity index (χ2v) is 10.9. The van der Waals surface area contributed by atoms with Gasteiger partial charge in [-0.1, -0.05) is 0 Å². The van der Waals surface area contributed by atoms with Gasteiger partial charge in [-0.3, -0.25) is 0 Å². The molecule has 0 saturated carbocycles. The van der Waals surface area contributed by atoms with Crippen LogP contribution in [0.3, 0.4) is 0 Å². The summed E-state index contributed by atoms with van der Waals surface area (Å²) >= 11 is 0. The maximum absolute atomic E-state index is 5.88. The molecule has 3 aromatic carbocycles. The Morgan fingerprint density at radius 1 is 0.306 bits per heavy atom. The summed E-state index contributed by atoms with van der Waals surface area (Å²) < 4.78 is 11.8. The Morgan fingerprint density at radius 3 is 0.722 bits per heavy atom. The van der Waals surface area contributed by atoms with Crippen molar-refractivity contribution in [2.24, 2.45) is 0 Å². The van der Waals surface area contributed by atoms with Crippen LogP contribution in [-0.2, 0) is 0 Å². The lowest BCUT2D eigenvalue weighted by Crippen LogP contribution is -2.18. The zero-order chi connectivity index (χ0) is 27.4.